The Morgan fingerprint density at radius 3 is 2.53 bits per heavy atom. The number of benzene rings is 2. The summed E-state index contributed by atoms with van der Waals surface area (Å²) in [6.07, 6.45) is 0. The lowest BCUT2D eigenvalue weighted by molar-refractivity contribution is 1.36. The zero-order valence-corrected chi connectivity index (χ0v) is 10.7. The molecular weight excluding hydrogens is 260 g/mol. The van der Waals surface area contributed by atoms with E-state index in [4.69, 9.17) is 11.6 Å². The van der Waals surface area contributed by atoms with Gasteiger partial charge in [-0.25, -0.2) is 0 Å². The third-order valence-electron chi connectivity index (χ3n) is 2.86. The van der Waals surface area contributed by atoms with Crippen LogP contribution in [0, 0.1) is 0 Å². The molecule has 0 radical (unpaired) electrons. The lowest BCUT2D eigenvalue weighted by Gasteiger charge is -2.07. The van der Waals surface area contributed by atoms with Gasteiger partial charge in [-0.05, 0) is 36.4 Å². The van der Waals surface area contributed by atoms with E-state index in [9.17, 15) is 4.79 Å². The van der Waals surface area contributed by atoms with E-state index in [1.54, 1.807) is 24.3 Å². The SMILES string of the molecule is O=c1cc(Nc2ccc(Cl)cc2)[nH]c2ccccc12. The number of aromatic nitrogens is 1. The van der Waals surface area contributed by atoms with Gasteiger partial charge in [-0.3, -0.25) is 4.79 Å². The fourth-order valence-electron chi connectivity index (χ4n) is 1.95. The Kier molecular flexibility index (Phi) is 2.97. The Morgan fingerprint density at radius 2 is 1.74 bits per heavy atom. The molecule has 0 saturated heterocycles. The van der Waals surface area contributed by atoms with E-state index in [2.05, 4.69) is 10.3 Å². The molecule has 0 atom stereocenters. The molecule has 0 unspecified atom stereocenters. The van der Waals surface area contributed by atoms with Crippen molar-refractivity contribution >= 4 is 34.0 Å². The van der Waals surface area contributed by atoms with Gasteiger partial charge in [0, 0.05) is 22.2 Å². The largest absolute Gasteiger partial charge is 0.342 e. The second-order valence-electron chi connectivity index (χ2n) is 4.22. The van der Waals surface area contributed by atoms with Crippen molar-refractivity contribution in [2.45, 2.75) is 0 Å². The van der Waals surface area contributed by atoms with Gasteiger partial charge in [-0.2, -0.15) is 0 Å². The van der Waals surface area contributed by atoms with Crippen molar-refractivity contribution in [2.75, 3.05) is 5.32 Å². The van der Waals surface area contributed by atoms with Gasteiger partial charge in [0.15, 0.2) is 5.43 Å². The fraction of sp³-hybridized carbons (Fsp3) is 0. The minimum Gasteiger partial charge on any atom is -0.342 e. The molecule has 3 aromatic rings. The molecule has 2 N–H and O–H groups in total. The summed E-state index contributed by atoms with van der Waals surface area (Å²) in [5.74, 6) is 0.658. The number of fused-ring (bicyclic) bond motifs is 1. The van der Waals surface area contributed by atoms with Gasteiger partial charge in [0.1, 0.15) is 5.82 Å². The first-order chi connectivity index (χ1) is 9.22. The third kappa shape index (κ3) is 2.46. The number of nitrogens with one attached hydrogen (secondary N) is 2. The monoisotopic (exact) mass is 270 g/mol. The van der Waals surface area contributed by atoms with Crippen LogP contribution in [0.15, 0.2) is 59.4 Å². The van der Waals surface area contributed by atoms with E-state index < -0.39 is 0 Å². The van der Waals surface area contributed by atoms with E-state index in [-0.39, 0.29) is 5.43 Å². The zero-order valence-electron chi connectivity index (χ0n) is 9.98. The molecule has 0 aliphatic carbocycles. The van der Waals surface area contributed by atoms with Crippen LogP contribution in [-0.2, 0) is 0 Å². The van der Waals surface area contributed by atoms with E-state index in [1.807, 2.05) is 30.3 Å². The van der Waals surface area contributed by atoms with E-state index in [0.717, 1.165) is 11.2 Å². The number of hydrogen-bond donors (Lipinski definition) is 2. The molecule has 0 aliphatic rings. The standard InChI is InChI=1S/C15H11ClN2O/c16-10-5-7-11(8-6-10)17-15-9-14(19)12-3-1-2-4-13(12)18-15/h1-9H,(H2,17,18,19). The van der Waals surface area contributed by atoms with Crippen LogP contribution >= 0.6 is 11.6 Å². The Hall–Kier alpha value is -2.26. The van der Waals surface area contributed by atoms with Gasteiger partial charge in [0.2, 0.25) is 0 Å². The van der Waals surface area contributed by atoms with Gasteiger partial charge >= 0.3 is 0 Å². The summed E-state index contributed by atoms with van der Waals surface area (Å²) < 4.78 is 0. The van der Waals surface area contributed by atoms with Crippen molar-refractivity contribution in [3.05, 3.63) is 69.8 Å². The molecule has 0 amide bonds. The quantitative estimate of drug-likeness (QED) is 0.741. The second kappa shape index (κ2) is 4.78. The van der Waals surface area contributed by atoms with E-state index in [0.29, 0.717) is 16.2 Å². The maximum absolute atomic E-state index is 12.0. The highest BCUT2D eigenvalue weighted by Crippen LogP contribution is 2.18. The average Bonchev–Trinajstić information content (AvgIpc) is 2.42. The average molecular weight is 271 g/mol. The molecule has 0 aliphatic heterocycles. The van der Waals surface area contributed by atoms with Gasteiger partial charge in [-0.15, -0.1) is 0 Å². The minimum absolute atomic E-state index is 0.00851. The summed E-state index contributed by atoms with van der Waals surface area (Å²) in [6, 6.07) is 16.3. The van der Waals surface area contributed by atoms with Crippen LogP contribution in [0.1, 0.15) is 0 Å². The van der Waals surface area contributed by atoms with Gasteiger partial charge in [0.05, 0.1) is 5.52 Å². The predicted octanol–water partition coefficient (Wildman–Crippen LogP) is 3.93. The van der Waals surface area contributed by atoms with Crippen molar-refractivity contribution in [2.24, 2.45) is 0 Å². The van der Waals surface area contributed by atoms with Crippen molar-refractivity contribution in [1.29, 1.82) is 0 Å². The van der Waals surface area contributed by atoms with Gasteiger partial charge in [0.25, 0.3) is 0 Å². The number of para-hydroxylation sites is 1. The van der Waals surface area contributed by atoms with E-state index >= 15 is 0 Å². The Morgan fingerprint density at radius 1 is 1.00 bits per heavy atom. The maximum Gasteiger partial charge on any atom is 0.191 e. The van der Waals surface area contributed by atoms with Gasteiger partial charge in [-0.1, -0.05) is 23.7 Å². The van der Waals surface area contributed by atoms with Crippen molar-refractivity contribution in [3.8, 4) is 0 Å². The number of rotatable bonds is 2. The van der Waals surface area contributed by atoms with Crippen LogP contribution in [0.4, 0.5) is 11.5 Å². The molecule has 0 bridgehead atoms. The number of aromatic amines is 1. The molecule has 94 valence electrons. The van der Waals surface area contributed by atoms with Crippen LogP contribution in [0.2, 0.25) is 5.02 Å². The fourth-order valence-corrected chi connectivity index (χ4v) is 2.08. The number of anilines is 2. The molecule has 1 heterocycles. The molecule has 3 nitrogen and oxygen atoms in total. The molecule has 1 aromatic heterocycles. The molecule has 3 rings (SSSR count). The first-order valence-electron chi connectivity index (χ1n) is 5.87. The molecule has 4 heteroatoms. The summed E-state index contributed by atoms with van der Waals surface area (Å²) in [5, 5.41) is 4.51. The van der Waals surface area contributed by atoms with Crippen molar-refractivity contribution in [3.63, 3.8) is 0 Å². The molecule has 2 aromatic carbocycles. The molecular formula is C15H11ClN2O. The minimum atomic E-state index is -0.00851. The van der Waals surface area contributed by atoms with Crippen molar-refractivity contribution in [1.82, 2.24) is 4.98 Å². The van der Waals surface area contributed by atoms with Crippen LogP contribution in [0.25, 0.3) is 10.9 Å². The molecule has 0 fully saturated rings. The normalized spacial score (nSPS) is 10.6. The maximum atomic E-state index is 12.0. The highest BCUT2D eigenvalue weighted by atomic mass is 35.5. The number of pyridine rings is 1. The topological polar surface area (TPSA) is 44.9 Å². The summed E-state index contributed by atoms with van der Waals surface area (Å²) in [6.45, 7) is 0. The van der Waals surface area contributed by atoms with Gasteiger partial charge < -0.3 is 10.3 Å². The number of hydrogen-bond acceptors (Lipinski definition) is 2. The first-order valence-corrected chi connectivity index (χ1v) is 6.25. The van der Waals surface area contributed by atoms with Crippen molar-refractivity contribution < 1.29 is 0 Å². The Labute approximate surface area is 114 Å². The summed E-state index contributed by atoms with van der Waals surface area (Å²) in [4.78, 5) is 15.1. The van der Waals surface area contributed by atoms with Crippen LogP contribution in [0.5, 0.6) is 0 Å². The molecule has 0 spiro atoms. The second-order valence-corrected chi connectivity index (χ2v) is 4.66. The molecule has 0 saturated carbocycles. The van der Waals surface area contributed by atoms with E-state index in [1.165, 1.54) is 0 Å². The summed E-state index contributed by atoms with van der Waals surface area (Å²) >= 11 is 5.83. The Balaban J connectivity index is 2.01. The highest BCUT2D eigenvalue weighted by molar-refractivity contribution is 6.30. The first kappa shape index (κ1) is 11.8. The smallest absolute Gasteiger partial charge is 0.191 e. The predicted molar refractivity (Wildman–Crippen MR) is 79.3 cm³/mol. The highest BCUT2D eigenvalue weighted by Gasteiger charge is 2.01. The number of halogens is 1. The number of H-pyrrole nitrogens is 1. The zero-order chi connectivity index (χ0) is 13.2. The Bertz CT molecular complexity index is 778. The van der Waals surface area contributed by atoms with Crippen LogP contribution in [-0.4, -0.2) is 4.98 Å². The third-order valence-corrected chi connectivity index (χ3v) is 3.11. The summed E-state index contributed by atoms with van der Waals surface area (Å²) in [5.41, 5.74) is 1.67. The van der Waals surface area contributed by atoms with Crippen LogP contribution < -0.4 is 10.7 Å². The lowest BCUT2D eigenvalue weighted by atomic mass is 10.2. The van der Waals surface area contributed by atoms with Crippen LogP contribution in [0.3, 0.4) is 0 Å². The summed E-state index contributed by atoms with van der Waals surface area (Å²) in [7, 11) is 0. The molecule has 19 heavy (non-hydrogen) atoms. The lowest BCUT2D eigenvalue weighted by Crippen LogP contribution is -2.04.